The van der Waals surface area contributed by atoms with Gasteiger partial charge in [0.1, 0.15) is 17.3 Å². The van der Waals surface area contributed by atoms with Gasteiger partial charge in [0.2, 0.25) is 0 Å². The number of ketones is 1. The number of rotatable bonds is 2. The smallest absolute Gasteiger partial charge is 0.256 e. The van der Waals surface area contributed by atoms with Gasteiger partial charge in [0.15, 0.2) is 5.78 Å². The molecule has 1 aliphatic carbocycles. The van der Waals surface area contributed by atoms with Gasteiger partial charge in [-0.15, -0.1) is 0 Å². The summed E-state index contributed by atoms with van der Waals surface area (Å²) in [5.41, 5.74) is 1.95. The summed E-state index contributed by atoms with van der Waals surface area (Å²) >= 11 is 0. The molecule has 2 unspecified atom stereocenters. The van der Waals surface area contributed by atoms with Crippen molar-refractivity contribution in [2.45, 2.75) is 32.6 Å². The number of hydrogen-bond acceptors (Lipinski definition) is 2. The van der Waals surface area contributed by atoms with Crippen LogP contribution in [0.15, 0.2) is 35.1 Å². The number of aromatic amines is 1. The van der Waals surface area contributed by atoms with Gasteiger partial charge in [0.25, 0.3) is 5.56 Å². The van der Waals surface area contributed by atoms with Crippen LogP contribution in [0.4, 0.5) is 8.78 Å². The van der Waals surface area contributed by atoms with Crippen molar-refractivity contribution in [2.24, 2.45) is 5.92 Å². The van der Waals surface area contributed by atoms with E-state index in [2.05, 4.69) is 18.8 Å². The number of nitrogens with zero attached hydrogens (tertiary/aromatic N) is 1. The third-order valence-corrected chi connectivity index (χ3v) is 5.14. The lowest BCUT2D eigenvalue weighted by Gasteiger charge is -2.23. The van der Waals surface area contributed by atoms with Crippen LogP contribution in [0.1, 0.15) is 53.5 Å². The zero-order valence-corrected chi connectivity index (χ0v) is 14.5. The second-order valence-corrected chi connectivity index (χ2v) is 7.15. The van der Waals surface area contributed by atoms with Gasteiger partial charge in [0, 0.05) is 23.5 Å². The van der Waals surface area contributed by atoms with Gasteiger partial charge < -0.3 is 4.98 Å². The van der Waals surface area contributed by atoms with Crippen LogP contribution >= 0.6 is 0 Å². The fraction of sp³-hybridized carbons (Fsp3) is 0.300. The van der Waals surface area contributed by atoms with Crippen LogP contribution in [0.3, 0.4) is 0 Å². The van der Waals surface area contributed by atoms with Crippen molar-refractivity contribution in [1.29, 1.82) is 0 Å². The molecule has 0 saturated carbocycles. The average molecular weight is 356 g/mol. The predicted molar refractivity (Wildman–Crippen MR) is 93.7 cm³/mol. The van der Waals surface area contributed by atoms with Crippen molar-refractivity contribution in [3.63, 3.8) is 0 Å². The highest BCUT2D eigenvalue weighted by atomic mass is 19.1. The molecule has 2 heterocycles. The molecule has 0 aliphatic heterocycles. The number of aromatic nitrogens is 2. The van der Waals surface area contributed by atoms with Crippen LogP contribution in [0, 0.1) is 17.6 Å². The van der Waals surface area contributed by atoms with Gasteiger partial charge in [-0.2, -0.15) is 0 Å². The SMILES string of the molecule is CC1Cc2c([nH]c3c(C(=O)c4ccc(F)cc4F)ccc(=O)n23)C(C)C1. The Morgan fingerprint density at radius 2 is 1.88 bits per heavy atom. The molecule has 0 bridgehead atoms. The summed E-state index contributed by atoms with van der Waals surface area (Å²) in [7, 11) is 0. The van der Waals surface area contributed by atoms with E-state index in [1.807, 2.05) is 0 Å². The van der Waals surface area contributed by atoms with Crippen molar-refractivity contribution in [3.05, 3.63) is 74.8 Å². The van der Waals surface area contributed by atoms with Crippen molar-refractivity contribution < 1.29 is 13.6 Å². The second-order valence-electron chi connectivity index (χ2n) is 7.15. The lowest BCUT2D eigenvalue weighted by molar-refractivity contribution is 0.103. The molecule has 1 N–H and O–H groups in total. The number of hydrogen-bond donors (Lipinski definition) is 1. The highest BCUT2D eigenvalue weighted by molar-refractivity contribution is 6.12. The average Bonchev–Trinajstić information content (AvgIpc) is 2.95. The Labute approximate surface area is 148 Å². The van der Waals surface area contributed by atoms with E-state index in [0.717, 1.165) is 36.4 Å². The van der Waals surface area contributed by atoms with Gasteiger partial charge in [-0.25, -0.2) is 8.78 Å². The lowest BCUT2D eigenvalue weighted by Crippen LogP contribution is -2.21. The van der Waals surface area contributed by atoms with Gasteiger partial charge in [-0.05, 0) is 42.9 Å². The monoisotopic (exact) mass is 356 g/mol. The summed E-state index contributed by atoms with van der Waals surface area (Å²) in [6.07, 6.45) is 1.73. The Morgan fingerprint density at radius 1 is 1.15 bits per heavy atom. The zero-order chi connectivity index (χ0) is 18.6. The largest absolute Gasteiger partial charge is 0.342 e. The quantitative estimate of drug-likeness (QED) is 0.710. The number of halogens is 2. The third kappa shape index (κ3) is 2.48. The van der Waals surface area contributed by atoms with E-state index in [4.69, 9.17) is 0 Å². The number of carbonyl (C=O) groups excluding carboxylic acids is 1. The number of H-pyrrole nitrogens is 1. The molecule has 4 nitrogen and oxygen atoms in total. The molecule has 2 atom stereocenters. The standard InChI is InChI=1S/C20H18F2N2O2/c1-10-7-11(2)18-16(8-10)24-17(25)6-5-14(20(24)23-18)19(26)13-4-3-12(21)9-15(13)22/h3-6,9-11,23H,7-8H2,1-2H3. The number of nitrogens with one attached hydrogen (secondary N) is 1. The molecule has 4 rings (SSSR count). The molecule has 0 spiro atoms. The van der Waals surface area contributed by atoms with E-state index in [1.165, 1.54) is 16.5 Å². The summed E-state index contributed by atoms with van der Waals surface area (Å²) in [4.78, 5) is 28.5. The summed E-state index contributed by atoms with van der Waals surface area (Å²) < 4.78 is 28.7. The van der Waals surface area contributed by atoms with Crippen LogP contribution in [0.25, 0.3) is 5.65 Å². The Balaban J connectivity index is 1.95. The van der Waals surface area contributed by atoms with E-state index < -0.39 is 17.4 Å². The van der Waals surface area contributed by atoms with Crippen LogP contribution in [-0.2, 0) is 6.42 Å². The second kappa shape index (κ2) is 5.90. The van der Waals surface area contributed by atoms with E-state index >= 15 is 0 Å². The molecule has 2 aromatic heterocycles. The summed E-state index contributed by atoms with van der Waals surface area (Å²) in [5.74, 6) is -1.58. The molecule has 0 fully saturated rings. The molecule has 6 heteroatoms. The molecule has 1 aromatic carbocycles. The van der Waals surface area contributed by atoms with Gasteiger partial charge in [0.05, 0.1) is 11.1 Å². The van der Waals surface area contributed by atoms with Gasteiger partial charge in [-0.1, -0.05) is 13.8 Å². The number of imidazole rings is 1. The lowest BCUT2D eigenvalue weighted by atomic mass is 9.84. The van der Waals surface area contributed by atoms with E-state index in [1.54, 1.807) is 0 Å². The minimum atomic E-state index is -0.919. The third-order valence-electron chi connectivity index (χ3n) is 5.14. The molecular weight excluding hydrogens is 338 g/mol. The maximum atomic E-state index is 14.1. The highest BCUT2D eigenvalue weighted by Crippen LogP contribution is 2.34. The summed E-state index contributed by atoms with van der Waals surface area (Å²) in [5, 5.41) is 0. The van der Waals surface area contributed by atoms with Crippen molar-refractivity contribution >= 4 is 11.4 Å². The molecule has 134 valence electrons. The fourth-order valence-electron chi connectivity index (χ4n) is 4.00. The van der Waals surface area contributed by atoms with Crippen LogP contribution in [0.2, 0.25) is 0 Å². The number of fused-ring (bicyclic) bond motifs is 3. The van der Waals surface area contributed by atoms with E-state index in [0.29, 0.717) is 17.6 Å². The maximum absolute atomic E-state index is 14.1. The first kappa shape index (κ1) is 16.7. The first-order valence-corrected chi connectivity index (χ1v) is 8.63. The van der Waals surface area contributed by atoms with Gasteiger partial charge >= 0.3 is 0 Å². The minimum absolute atomic E-state index is 0.198. The Bertz CT molecular complexity index is 1100. The minimum Gasteiger partial charge on any atom is -0.342 e. The van der Waals surface area contributed by atoms with Crippen molar-refractivity contribution in [1.82, 2.24) is 9.38 Å². The van der Waals surface area contributed by atoms with E-state index in [-0.39, 0.29) is 22.6 Å². The number of benzene rings is 1. The molecule has 0 radical (unpaired) electrons. The van der Waals surface area contributed by atoms with Crippen LogP contribution < -0.4 is 5.56 Å². The van der Waals surface area contributed by atoms with Gasteiger partial charge in [-0.3, -0.25) is 14.0 Å². The highest BCUT2D eigenvalue weighted by Gasteiger charge is 2.28. The van der Waals surface area contributed by atoms with E-state index in [9.17, 15) is 18.4 Å². The fourth-order valence-corrected chi connectivity index (χ4v) is 4.00. The zero-order valence-electron chi connectivity index (χ0n) is 14.5. The number of pyridine rings is 1. The summed E-state index contributed by atoms with van der Waals surface area (Å²) in [6.45, 7) is 4.21. The summed E-state index contributed by atoms with van der Waals surface area (Å²) in [6, 6.07) is 5.58. The Morgan fingerprint density at radius 3 is 2.62 bits per heavy atom. The Hall–Kier alpha value is -2.76. The maximum Gasteiger partial charge on any atom is 0.256 e. The molecule has 0 amide bonds. The number of carbonyl (C=O) groups is 1. The molecule has 3 aromatic rings. The van der Waals surface area contributed by atoms with Crippen LogP contribution in [0.5, 0.6) is 0 Å². The van der Waals surface area contributed by atoms with Crippen molar-refractivity contribution in [2.75, 3.05) is 0 Å². The van der Waals surface area contributed by atoms with Crippen molar-refractivity contribution in [3.8, 4) is 0 Å². The molecule has 0 saturated heterocycles. The molecular formula is C20H18F2N2O2. The topological polar surface area (TPSA) is 54.3 Å². The van der Waals surface area contributed by atoms with Crippen LogP contribution in [-0.4, -0.2) is 15.2 Å². The Kier molecular flexibility index (Phi) is 3.79. The normalized spacial score (nSPS) is 19.5. The predicted octanol–water partition coefficient (Wildman–Crippen LogP) is 3.82. The first-order valence-electron chi connectivity index (χ1n) is 8.63. The molecule has 26 heavy (non-hydrogen) atoms. The first-order chi connectivity index (χ1) is 12.4. The molecule has 1 aliphatic rings.